The lowest BCUT2D eigenvalue weighted by Gasteiger charge is -2.30. The van der Waals surface area contributed by atoms with Gasteiger partial charge in [-0.2, -0.15) is 0 Å². The molecule has 6 heteroatoms. The molecule has 1 amide bonds. The summed E-state index contributed by atoms with van der Waals surface area (Å²) in [4.78, 5) is 17.6. The van der Waals surface area contributed by atoms with E-state index in [1.165, 1.54) is 11.1 Å². The first kappa shape index (κ1) is 12.5. The molecule has 0 saturated heterocycles. The van der Waals surface area contributed by atoms with Crippen molar-refractivity contribution in [1.29, 1.82) is 0 Å². The van der Waals surface area contributed by atoms with E-state index in [1.807, 2.05) is 20.8 Å². The molecule has 0 spiro atoms. The third-order valence-electron chi connectivity index (χ3n) is 2.31. The number of amides is 1. The van der Waals surface area contributed by atoms with Crippen molar-refractivity contribution in [3.8, 4) is 5.88 Å². The van der Waals surface area contributed by atoms with Gasteiger partial charge < -0.3 is 15.2 Å². The molecule has 0 fully saturated rings. The first-order valence-corrected chi connectivity index (χ1v) is 5.76. The van der Waals surface area contributed by atoms with Crippen LogP contribution in [0.15, 0.2) is 12.3 Å². The number of nitrogens with two attached hydrogens (primary N) is 1. The topological polar surface area (TPSA) is 77.7 Å². The second kappa shape index (κ2) is 4.36. The maximum absolute atomic E-state index is 12.1. The van der Waals surface area contributed by atoms with E-state index in [0.717, 1.165) is 0 Å². The van der Waals surface area contributed by atoms with Crippen LogP contribution in [0, 0.1) is 0 Å². The molecule has 1 aliphatic heterocycles. The number of hydrogen-bond donors (Lipinski definition) is 1. The smallest absolute Gasteiger partial charge is 0.415 e. The number of nitrogens with zero attached hydrogens (tertiary/aromatic N) is 2. The van der Waals surface area contributed by atoms with Gasteiger partial charge in [-0.15, -0.1) is 0 Å². The van der Waals surface area contributed by atoms with E-state index < -0.39 is 11.7 Å². The fourth-order valence-electron chi connectivity index (χ4n) is 1.62. The van der Waals surface area contributed by atoms with E-state index in [2.05, 4.69) is 4.98 Å². The normalized spacial score (nSPS) is 14.7. The summed E-state index contributed by atoms with van der Waals surface area (Å²) in [5.74, 6) is 0.404. The quantitative estimate of drug-likeness (QED) is 0.760. The van der Waals surface area contributed by atoms with E-state index in [4.69, 9.17) is 15.2 Å². The number of carbonyl (C=O) groups excluding carboxylic acids is 1. The molecule has 1 aliphatic rings. The highest BCUT2D eigenvalue weighted by atomic mass is 16.6. The van der Waals surface area contributed by atoms with Gasteiger partial charge in [-0.3, -0.25) is 4.90 Å². The third-order valence-corrected chi connectivity index (χ3v) is 2.31. The lowest BCUT2D eigenvalue weighted by molar-refractivity contribution is 0.0567. The second-order valence-corrected chi connectivity index (χ2v) is 5.07. The monoisotopic (exact) mass is 251 g/mol. The Morgan fingerprint density at radius 1 is 1.56 bits per heavy atom. The van der Waals surface area contributed by atoms with Gasteiger partial charge in [0, 0.05) is 0 Å². The van der Waals surface area contributed by atoms with Crippen molar-refractivity contribution in [3.63, 3.8) is 0 Å². The Bertz CT molecular complexity index is 468. The maximum Gasteiger partial charge on any atom is 0.415 e. The van der Waals surface area contributed by atoms with Crippen LogP contribution in [0.25, 0.3) is 0 Å². The van der Waals surface area contributed by atoms with Gasteiger partial charge in [0.05, 0.1) is 18.4 Å². The van der Waals surface area contributed by atoms with Crippen LogP contribution in [-0.2, 0) is 4.74 Å². The molecule has 0 radical (unpaired) electrons. The highest BCUT2D eigenvalue weighted by Crippen LogP contribution is 2.31. The van der Waals surface area contributed by atoms with Gasteiger partial charge in [-0.1, -0.05) is 0 Å². The summed E-state index contributed by atoms with van der Waals surface area (Å²) < 4.78 is 10.7. The lowest BCUT2D eigenvalue weighted by atomic mass is 10.2. The molecule has 0 aliphatic carbocycles. The number of nitrogen functional groups attached to an aromatic ring is 1. The van der Waals surface area contributed by atoms with Crippen molar-refractivity contribution in [2.45, 2.75) is 26.4 Å². The number of anilines is 2. The molecule has 1 aromatic rings. The molecule has 0 saturated carbocycles. The number of fused-ring (bicyclic) bond motifs is 1. The Balaban J connectivity index is 2.27. The van der Waals surface area contributed by atoms with Crippen LogP contribution in [0.4, 0.5) is 16.2 Å². The summed E-state index contributed by atoms with van der Waals surface area (Å²) in [6.45, 7) is 6.29. The molecule has 0 aromatic carbocycles. The highest BCUT2D eigenvalue weighted by Gasteiger charge is 2.29. The Morgan fingerprint density at radius 2 is 2.28 bits per heavy atom. The minimum atomic E-state index is -0.538. The van der Waals surface area contributed by atoms with Crippen molar-refractivity contribution in [2.24, 2.45) is 0 Å². The summed E-state index contributed by atoms with van der Waals surface area (Å²) >= 11 is 0. The first-order chi connectivity index (χ1) is 8.37. The van der Waals surface area contributed by atoms with E-state index in [-0.39, 0.29) is 0 Å². The minimum Gasteiger partial charge on any atom is -0.474 e. The first-order valence-electron chi connectivity index (χ1n) is 5.76. The predicted octanol–water partition coefficient (Wildman–Crippen LogP) is 1.80. The average molecular weight is 251 g/mol. The van der Waals surface area contributed by atoms with Crippen LogP contribution in [0.3, 0.4) is 0 Å². The summed E-state index contributed by atoms with van der Waals surface area (Å²) in [5.41, 5.74) is 6.17. The number of pyridine rings is 1. The van der Waals surface area contributed by atoms with Crippen LogP contribution >= 0.6 is 0 Å². The van der Waals surface area contributed by atoms with Gasteiger partial charge in [-0.05, 0) is 26.8 Å². The van der Waals surface area contributed by atoms with E-state index in [1.54, 1.807) is 6.07 Å². The van der Waals surface area contributed by atoms with Crippen LogP contribution in [0.5, 0.6) is 5.88 Å². The largest absolute Gasteiger partial charge is 0.474 e. The van der Waals surface area contributed by atoms with Crippen molar-refractivity contribution in [3.05, 3.63) is 12.3 Å². The summed E-state index contributed by atoms with van der Waals surface area (Å²) in [6.07, 6.45) is 1.08. The van der Waals surface area contributed by atoms with Crippen molar-refractivity contribution in [1.82, 2.24) is 4.98 Å². The SMILES string of the molecule is CC(C)(C)OC(=O)N1CCOc2ncc(N)cc21. The summed E-state index contributed by atoms with van der Waals surface area (Å²) in [5, 5.41) is 0. The molecule has 98 valence electrons. The molecule has 0 bridgehead atoms. The second-order valence-electron chi connectivity index (χ2n) is 5.07. The van der Waals surface area contributed by atoms with E-state index in [0.29, 0.717) is 30.4 Å². The minimum absolute atomic E-state index is 0.392. The highest BCUT2D eigenvalue weighted by molar-refractivity contribution is 5.90. The Hall–Kier alpha value is -1.98. The standard InChI is InChI=1S/C12H17N3O3/c1-12(2,3)18-11(16)15-4-5-17-10-9(15)6-8(13)7-14-10/h6-7H,4-5,13H2,1-3H3. The van der Waals surface area contributed by atoms with Crippen LogP contribution < -0.4 is 15.4 Å². The Labute approximate surface area is 106 Å². The van der Waals surface area contributed by atoms with Gasteiger partial charge in [0.2, 0.25) is 5.88 Å². The molecule has 2 N–H and O–H groups in total. The van der Waals surface area contributed by atoms with Crippen LogP contribution in [0.1, 0.15) is 20.8 Å². The zero-order valence-corrected chi connectivity index (χ0v) is 10.8. The predicted molar refractivity (Wildman–Crippen MR) is 67.7 cm³/mol. The Kier molecular flexibility index (Phi) is 3.02. The molecule has 2 heterocycles. The average Bonchev–Trinajstić information content (AvgIpc) is 2.25. The summed E-state index contributed by atoms with van der Waals surface area (Å²) in [6, 6.07) is 1.66. The number of aromatic nitrogens is 1. The molecule has 0 unspecified atom stereocenters. The fourth-order valence-corrected chi connectivity index (χ4v) is 1.62. The molecule has 0 atom stereocenters. The summed E-state index contributed by atoms with van der Waals surface area (Å²) in [7, 11) is 0. The Morgan fingerprint density at radius 3 is 2.94 bits per heavy atom. The van der Waals surface area contributed by atoms with E-state index in [9.17, 15) is 4.79 Å². The number of ether oxygens (including phenoxy) is 2. The molecule has 18 heavy (non-hydrogen) atoms. The molecule has 2 rings (SSSR count). The number of rotatable bonds is 0. The van der Waals surface area contributed by atoms with E-state index >= 15 is 0 Å². The van der Waals surface area contributed by atoms with Gasteiger partial charge in [0.25, 0.3) is 0 Å². The third kappa shape index (κ3) is 2.64. The maximum atomic E-state index is 12.1. The number of carbonyl (C=O) groups is 1. The molecule has 1 aromatic heterocycles. The van der Waals surface area contributed by atoms with Crippen molar-refractivity contribution in [2.75, 3.05) is 23.8 Å². The molecular formula is C12H17N3O3. The van der Waals surface area contributed by atoms with Crippen LogP contribution in [0.2, 0.25) is 0 Å². The molecule has 6 nitrogen and oxygen atoms in total. The fraction of sp³-hybridized carbons (Fsp3) is 0.500. The van der Waals surface area contributed by atoms with Crippen molar-refractivity contribution < 1.29 is 14.3 Å². The van der Waals surface area contributed by atoms with Crippen molar-refractivity contribution >= 4 is 17.5 Å². The molecular weight excluding hydrogens is 234 g/mol. The zero-order chi connectivity index (χ0) is 13.3. The van der Waals surface area contributed by atoms with Gasteiger partial charge in [-0.25, -0.2) is 9.78 Å². The van der Waals surface area contributed by atoms with Crippen LogP contribution in [-0.4, -0.2) is 29.8 Å². The lowest BCUT2D eigenvalue weighted by Crippen LogP contribution is -2.41. The van der Waals surface area contributed by atoms with Gasteiger partial charge in [0.1, 0.15) is 17.9 Å². The zero-order valence-electron chi connectivity index (χ0n) is 10.8. The van der Waals surface area contributed by atoms with Gasteiger partial charge in [0.15, 0.2) is 0 Å². The number of hydrogen-bond acceptors (Lipinski definition) is 5. The van der Waals surface area contributed by atoms with Gasteiger partial charge >= 0.3 is 6.09 Å².